The molecule has 6 heteroatoms. The van der Waals surface area contributed by atoms with Crippen molar-refractivity contribution in [3.8, 4) is 0 Å². The number of hydrogen-bond acceptors (Lipinski definition) is 3. The summed E-state index contributed by atoms with van der Waals surface area (Å²) in [5, 5.41) is 3.00. The van der Waals surface area contributed by atoms with Crippen LogP contribution in [-0.2, 0) is 16.4 Å². The van der Waals surface area contributed by atoms with Gasteiger partial charge in [-0.1, -0.05) is 6.07 Å². The lowest BCUT2D eigenvalue weighted by Gasteiger charge is -2.07. The van der Waals surface area contributed by atoms with Crippen molar-refractivity contribution in [1.82, 2.24) is 0 Å². The maximum Gasteiger partial charge on any atom is 0.175 e. The summed E-state index contributed by atoms with van der Waals surface area (Å²) < 4.78 is 48.4. The molecule has 106 valence electrons. The van der Waals surface area contributed by atoms with Crippen LogP contribution in [0.1, 0.15) is 5.56 Å². The van der Waals surface area contributed by atoms with Gasteiger partial charge in [-0.2, -0.15) is 0 Å². The highest BCUT2D eigenvalue weighted by Gasteiger charge is 2.06. The molecule has 0 saturated heterocycles. The van der Waals surface area contributed by atoms with E-state index in [0.717, 1.165) is 18.4 Å². The van der Waals surface area contributed by atoms with Crippen LogP contribution in [0, 0.1) is 11.6 Å². The van der Waals surface area contributed by atoms with Gasteiger partial charge in [0.15, 0.2) is 21.5 Å². The van der Waals surface area contributed by atoms with E-state index in [0.29, 0.717) is 17.8 Å². The second kappa shape index (κ2) is 5.58. The van der Waals surface area contributed by atoms with Gasteiger partial charge in [-0.3, -0.25) is 0 Å². The zero-order chi connectivity index (χ0) is 14.8. The van der Waals surface area contributed by atoms with Crippen LogP contribution in [0.4, 0.5) is 14.5 Å². The van der Waals surface area contributed by atoms with Crippen molar-refractivity contribution in [3.63, 3.8) is 0 Å². The quantitative estimate of drug-likeness (QED) is 0.943. The van der Waals surface area contributed by atoms with Gasteiger partial charge in [0.1, 0.15) is 0 Å². The Hall–Kier alpha value is -1.95. The largest absolute Gasteiger partial charge is 0.381 e. The average molecular weight is 297 g/mol. The lowest BCUT2D eigenvalue weighted by molar-refractivity contribution is 0.507. The van der Waals surface area contributed by atoms with Crippen molar-refractivity contribution in [2.45, 2.75) is 11.4 Å². The first kappa shape index (κ1) is 14.5. The molecular weight excluding hydrogens is 284 g/mol. The third-order valence-corrected chi connectivity index (χ3v) is 3.89. The van der Waals surface area contributed by atoms with Crippen molar-refractivity contribution >= 4 is 15.5 Å². The molecule has 0 aromatic heterocycles. The van der Waals surface area contributed by atoms with E-state index in [1.54, 1.807) is 12.1 Å². The van der Waals surface area contributed by atoms with Crippen LogP contribution in [0.5, 0.6) is 0 Å². The van der Waals surface area contributed by atoms with Crippen LogP contribution in [0.2, 0.25) is 0 Å². The normalized spacial score (nSPS) is 11.3. The highest BCUT2D eigenvalue weighted by molar-refractivity contribution is 7.90. The second-order valence-electron chi connectivity index (χ2n) is 4.40. The molecule has 0 unspecified atom stereocenters. The van der Waals surface area contributed by atoms with Crippen LogP contribution in [0.15, 0.2) is 47.4 Å². The smallest absolute Gasteiger partial charge is 0.175 e. The summed E-state index contributed by atoms with van der Waals surface area (Å²) in [5.74, 6) is -1.78. The monoisotopic (exact) mass is 297 g/mol. The number of sulfone groups is 1. The molecule has 2 aromatic carbocycles. The molecule has 20 heavy (non-hydrogen) atoms. The molecule has 0 bridgehead atoms. The van der Waals surface area contributed by atoms with Crippen molar-refractivity contribution in [3.05, 3.63) is 59.7 Å². The minimum Gasteiger partial charge on any atom is -0.381 e. The van der Waals surface area contributed by atoms with Gasteiger partial charge in [-0.25, -0.2) is 17.2 Å². The van der Waals surface area contributed by atoms with Crippen LogP contribution < -0.4 is 5.32 Å². The number of nitrogens with one attached hydrogen (secondary N) is 1. The van der Waals surface area contributed by atoms with Crippen LogP contribution in [0.25, 0.3) is 0 Å². The summed E-state index contributed by atoms with van der Waals surface area (Å²) in [6, 6.07) is 9.89. The highest BCUT2D eigenvalue weighted by atomic mass is 32.2. The predicted octanol–water partition coefficient (Wildman–Crippen LogP) is 2.98. The fourth-order valence-electron chi connectivity index (χ4n) is 1.67. The fraction of sp³-hybridized carbons (Fsp3) is 0.143. The first-order valence-corrected chi connectivity index (χ1v) is 7.73. The Bertz CT molecular complexity index is 712. The van der Waals surface area contributed by atoms with Gasteiger partial charge in [-0.05, 0) is 42.0 Å². The molecule has 0 spiro atoms. The summed E-state index contributed by atoms with van der Waals surface area (Å²) in [5.41, 5.74) is 1.29. The van der Waals surface area contributed by atoms with E-state index in [-0.39, 0.29) is 4.90 Å². The van der Waals surface area contributed by atoms with E-state index in [4.69, 9.17) is 0 Å². The average Bonchev–Trinajstić information content (AvgIpc) is 2.40. The van der Waals surface area contributed by atoms with E-state index < -0.39 is 21.5 Å². The molecule has 0 aliphatic carbocycles. The highest BCUT2D eigenvalue weighted by Crippen LogP contribution is 2.15. The van der Waals surface area contributed by atoms with Crippen LogP contribution in [0.3, 0.4) is 0 Å². The molecule has 0 atom stereocenters. The zero-order valence-corrected chi connectivity index (χ0v) is 11.5. The lowest BCUT2D eigenvalue weighted by Crippen LogP contribution is -2.01. The molecule has 0 fully saturated rings. The third kappa shape index (κ3) is 3.54. The molecular formula is C14H13F2NO2S. The number of hydrogen-bond donors (Lipinski definition) is 1. The number of rotatable bonds is 4. The summed E-state index contributed by atoms with van der Waals surface area (Å²) in [4.78, 5) is 0.232. The molecule has 0 aliphatic rings. The maximum absolute atomic E-state index is 13.0. The Morgan fingerprint density at radius 2 is 1.65 bits per heavy atom. The summed E-state index contributed by atoms with van der Waals surface area (Å²) >= 11 is 0. The summed E-state index contributed by atoms with van der Waals surface area (Å²) in [7, 11) is -3.22. The maximum atomic E-state index is 13.0. The van der Waals surface area contributed by atoms with E-state index >= 15 is 0 Å². The molecule has 2 rings (SSSR count). The van der Waals surface area contributed by atoms with Gasteiger partial charge in [0.2, 0.25) is 0 Å². The first-order valence-electron chi connectivity index (χ1n) is 5.84. The Balaban J connectivity index is 2.06. The van der Waals surface area contributed by atoms with Crippen molar-refractivity contribution in [2.24, 2.45) is 0 Å². The van der Waals surface area contributed by atoms with E-state index in [1.165, 1.54) is 18.2 Å². The summed E-state index contributed by atoms with van der Waals surface area (Å²) in [6.07, 6.45) is 1.14. The minimum atomic E-state index is -3.22. The number of anilines is 1. The van der Waals surface area contributed by atoms with Crippen LogP contribution >= 0.6 is 0 Å². The van der Waals surface area contributed by atoms with Crippen molar-refractivity contribution in [2.75, 3.05) is 11.6 Å². The SMILES string of the molecule is CS(=O)(=O)c1ccc(NCc2ccc(F)c(F)c2)cc1. The topological polar surface area (TPSA) is 46.2 Å². The Morgan fingerprint density at radius 1 is 1.00 bits per heavy atom. The molecule has 1 N–H and O–H groups in total. The third-order valence-electron chi connectivity index (χ3n) is 2.76. The summed E-state index contributed by atoms with van der Waals surface area (Å²) in [6.45, 7) is 0.315. The van der Waals surface area contributed by atoms with Gasteiger partial charge in [0.25, 0.3) is 0 Å². The first-order chi connectivity index (χ1) is 9.36. The molecule has 0 saturated carbocycles. The fourth-order valence-corrected chi connectivity index (χ4v) is 2.30. The zero-order valence-electron chi connectivity index (χ0n) is 10.7. The van der Waals surface area contributed by atoms with E-state index in [1.807, 2.05) is 0 Å². The van der Waals surface area contributed by atoms with E-state index in [9.17, 15) is 17.2 Å². The Labute approximate surface area is 116 Å². The molecule has 3 nitrogen and oxygen atoms in total. The Morgan fingerprint density at radius 3 is 2.20 bits per heavy atom. The number of benzene rings is 2. The lowest BCUT2D eigenvalue weighted by atomic mass is 10.2. The molecule has 0 heterocycles. The van der Waals surface area contributed by atoms with Crippen molar-refractivity contribution in [1.29, 1.82) is 0 Å². The van der Waals surface area contributed by atoms with E-state index in [2.05, 4.69) is 5.32 Å². The van der Waals surface area contributed by atoms with Crippen molar-refractivity contribution < 1.29 is 17.2 Å². The second-order valence-corrected chi connectivity index (χ2v) is 6.41. The predicted molar refractivity (Wildman–Crippen MR) is 73.2 cm³/mol. The molecule has 0 radical (unpaired) electrons. The van der Waals surface area contributed by atoms with Gasteiger partial charge in [-0.15, -0.1) is 0 Å². The van der Waals surface area contributed by atoms with Gasteiger partial charge in [0, 0.05) is 18.5 Å². The van der Waals surface area contributed by atoms with Gasteiger partial charge >= 0.3 is 0 Å². The molecule has 2 aromatic rings. The number of halogens is 2. The Kier molecular flexibility index (Phi) is 4.04. The van der Waals surface area contributed by atoms with Gasteiger partial charge in [0.05, 0.1) is 4.90 Å². The van der Waals surface area contributed by atoms with Gasteiger partial charge < -0.3 is 5.32 Å². The van der Waals surface area contributed by atoms with Crippen LogP contribution in [-0.4, -0.2) is 14.7 Å². The minimum absolute atomic E-state index is 0.232. The molecule has 0 amide bonds. The standard InChI is InChI=1S/C14H13F2NO2S/c1-20(18,19)12-5-3-11(4-6-12)17-9-10-2-7-13(15)14(16)8-10/h2-8,17H,9H2,1H3. The molecule has 0 aliphatic heterocycles.